The highest BCUT2D eigenvalue weighted by Crippen LogP contribution is 2.31. The Hall–Kier alpha value is -0.920. The van der Waals surface area contributed by atoms with E-state index in [-0.39, 0.29) is 10.9 Å². The van der Waals surface area contributed by atoms with Crippen LogP contribution in [0, 0.1) is 11.8 Å². The molecule has 0 aromatic carbocycles. The zero-order chi connectivity index (χ0) is 14.8. The Morgan fingerprint density at radius 1 is 1.45 bits per heavy atom. The summed E-state index contributed by atoms with van der Waals surface area (Å²) in [4.78, 5) is 0.237. The van der Waals surface area contributed by atoms with Gasteiger partial charge in [-0.25, -0.2) is 13.1 Å². The van der Waals surface area contributed by atoms with E-state index in [4.69, 9.17) is 5.73 Å². The second-order valence-corrected chi connectivity index (χ2v) is 7.44. The highest BCUT2D eigenvalue weighted by Gasteiger charge is 2.33. The zero-order valence-electron chi connectivity index (χ0n) is 12.1. The lowest BCUT2D eigenvalue weighted by Crippen LogP contribution is -2.37. The van der Waals surface area contributed by atoms with E-state index in [2.05, 4.69) is 23.7 Å². The summed E-state index contributed by atoms with van der Waals surface area (Å²) in [5, 5.41) is 4.07. The summed E-state index contributed by atoms with van der Waals surface area (Å²) in [5.74, 6) is 0.937. The van der Waals surface area contributed by atoms with Gasteiger partial charge in [0.15, 0.2) is 0 Å². The summed E-state index contributed by atoms with van der Waals surface area (Å²) in [7, 11) is -3.47. The zero-order valence-corrected chi connectivity index (χ0v) is 12.9. The van der Waals surface area contributed by atoms with Crippen molar-refractivity contribution in [1.82, 2.24) is 14.5 Å². The first kappa shape index (κ1) is 15.5. The van der Waals surface area contributed by atoms with Crippen LogP contribution in [0.4, 0.5) is 0 Å². The molecule has 3 unspecified atom stereocenters. The molecule has 1 aromatic heterocycles. The van der Waals surface area contributed by atoms with Crippen molar-refractivity contribution in [2.45, 2.75) is 50.6 Å². The number of nitrogens with one attached hydrogen (secondary N) is 1. The molecule has 114 valence electrons. The molecule has 1 aliphatic carbocycles. The van der Waals surface area contributed by atoms with E-state index in [1.807, 2.05) is 0 Å². The minimum absolute atomic E-state index is 0.0300. The van der Waals surface area contributed by atoms with Gasteiger partial charge in [0.25, 0.3) is 0 Å². The molecule has 1 aliphatic rings. The number of sulfonamides is 1. The van der Waals surface area contributed by atoms with Crippen LogP contribution in [0.3, 0.4) is 0 Å². The van der Waals surface area contributed by atoms with Crippen LogP contribution in [-0.2, 0) is 16.6 Å². The molecule has 1 saturated carbocycles. The summed E-state index contributed by atoms with van der Waals surface area (Å²) in [6.45, 7) is 5.49. The van der Waals surface area contributed by atoms with Crippen molar-refractivity contribution in [1.29, 1.82) is 0 Å². The molecule has 2 rings (SSSR count). The average Bonchev–Trinajstić information content (AvgIpc) is 2.99. The topological polar surface area (TPSA) is 90.0 Å². The van der Waals surface area contributed by atoms with E-state index in [0.29, 0.717) is 24.9 Å². The SMILES string of the molecule is CC1CCC(NS(=O)(=O)c2cnn(CCCN)c2)C1C. The first-order valence-electron chi connectivity index (χ1n) is 7.19. The normalized spacial score (nSPS) is 27.1. The third-order valence-corrected chi connectivity index (χ3v) is 5.73. The van der Waals surface area contributed by atoms with E-state index in [9.17, 15) is 8.42 Å². The van der Waals surface area contributed by atoms with Crippen molar-refractivity contribution in [2.24, 2.45) is 17.6 Å². The third-order valence-electron chi connectivity index (χ3n) is 4.28. The highest BCUT2D eigenvalue weighted by molar-refractivity contribution is 7.89. The Morgan fingerprint density at radius 3 is 2.80 bits per heavy atom. The molecular formula is C13H24N4O2S. The highest BCUT2D eigenvalue weighted by atomic mass is 32.2. The van der Waals surface area contributed by atoms with E-state index in [1.54, 1.807) is 10.9 Å². The van der Waals surface area contributed by atoms with Gasteiger partial charge in [0.2, 0.25) is 10.0 Å². The van der Waals surface area contributed by atoms with Crippen LogP contribution in [0.5, 0.6) is 0 Å². The number of hydrogen-bond acceptors (Lipinski definition) is 4. The van der Waals surface area contributed by atoms with Gasteiger partial charge in [0.05, 0.1) is 6.20 Å². The van der Waals surface area contributed by atoms with Crippen LogP contribution < -0.4 is 10.5 Å². The van der Waals surface area contributed by atoms with Gasteiger partial charge in [-0.3, -0.25) is 4.68 Å². The van der Waals surface area contributed by atoms with Crippen LogP contribution >= 0.6 is 0 Å². The number of aryl methyl sites for hydroxylation is 1. The number of nitrogens with two attached hydrogens (primary N) is 1. The van der Waals surface area contributed by atoms with E-state index in [0.717, 1.165) is 19.3 Å². The fourth-order valence-corrected chi connectivity index (χ4v) is 3.97. The minimum Gasteiger partial charge on any atom is -0.330 e. The van der Waals surface area contributed by atoms with Gasteiger partial charge in [-0.05, 0) is 37.6 Å². The second-order valence-electron chi connectivity index (χ2n) is 5.72. The first-order valence-corrected chi connectivity index (χ1v) is 8.67. The molecule has 3 N–H and O–H groups in total. The average molecular weight is 300 g/mol. The predicted molar refractivity (Wildman–Crippen MR) is 77.6 cm³/mol. The van der Waals surface area contributed by atoms with Crippen molar-refractivity contribution < 1.29 is 8.42 Å². The van der Waals surface area contributed by atoms with Crippen molar-refractivity contribution in [3.63, 3.8) is 0 Å². The van der Waals surface area contributed by atoms with Gasteiger partial charge in [-0.15, -0.1) is 0 Å². The van der Waals surface area contributed by atoms with Crippen molar-refractivity contribution in [3.05, 3.63) is 12.4 Å². The molecule has 3 atom stereocenters. The van der Waals surface area contributed by atoms with E-state index >= 15 is 0 Å². The third kappa shape index (κ3) is 3.39. The van der Waals surface area contributed by atoms with Crippen LogP contribution in [0.15, 0.2) is 17.3 Å². The Bertz CT molecular complexity index is 540. The van der Waals surface area contributed by atoms with Crippen LogP contribution in [0.2, 0.25) is 0 Å². The van der Waals surface area contributed by atoms with Crippen LogP contribution in [0.1, 0.15) is 33.1 Å². The maximum absolute atomic E-state index is 12.3. The molecule has 7 heteroatoms. The predicted octanol–water partition coefficient (Wildman–Crippen LogP) is 0.945. The summed E-state index contributed by atoms with van der Waals surface area (Å²) < 4.78 is 29.1. The number of nitrogens with zero attached hydrogens (tertiary/aromatic N) is 2. The van der Waals surface area contributed by atoms with E-state index < -0.39 is 10.0 Å². The minimum atomic E-state index is -3.47. The Balaban J connectivity index is 2.05. The molecule has 1 aromatic rings. The smallest absolute Gasteiger partial charge is 0.243 e. The largest absolute Gasteiger partial charge is 0.330 e. The maximum atomic E-state index is 12.3. The number of rotatable bonds is 6. The lowest BCUT2D eigenvalue weighted by molar-refractivity contribution is 0.402. The van der Waals surface area contributed by atoms with Gasteiger partial charge in [-0.1, -0.05) is 13.8 Å². The first-order chi connectivity index (χ1) is 9.44. The molecule has 0 bridgehead atoms. The van der Waals surface area contributed by atoms with E-state index in [1.165, 1.54) is 6.20 Å². The molecule has 0 radical (unpaired) electrons. The van der Waals surface area contributed by atoms with Gasteiger partial charge in [0.1, 0.15) is 4.90 Å². The lowest BCUT2D eigenvalue weighted by atomic mass is 9.98. The summed E-state index contributed by atoms with van der Waals surface area (Å²) >= 11 is 0. The molecule has 0 aliphatic heterocycles. The Labute approximate surface area is 120 Å². The Morgan fingerprint density at radius 2 is 2.20 bits per heavy atom. The van der Waals surface area contributed by atoms with Crippen molar-refractivity contribution in [3.8, 4) is 0 Å². The maximum Gasteiger partial charge on any atom is 0.243 e. The monoisotopic (exact) mass is 300 g/mol. The van der Waals surface area contributed by atoms with Crippen molar-refractivity contribution >= 4 is 10.0 Å². The molecule has 20 heavy (non-hydrogen) atoms. The molecule has 0 amide bonds. The summed E-state index contributed by atoms with van der Waals surface area (Å²) in [6, 6.07) is 0.0300. The summed E-state index contributed by atoms with van der Waals surface area (Å²) in [5.41, 5.74) is 5.43. The summed E-state index contributed by atoms with van der Waals surface area (Å²) in [6.07, 6.45) is 5.74. The van der Waals surface area contributed by atoms with Crippen LogP contribution in [0.25, 0.3) is 0 Å². The van der Waals surface area contributed by atoms with Crippen LogP contribution in [-0.4, -0.2) is 30.8 Å². The van der Waals surface area contributed by atoms with Crippen molar-refractivity contribution in [2.75, 3.05) is 6.54 Å². The second kappa shape index (κ2) is 6.24. The Kier molecular flexibility index (Phi) is 4.82. The molecular weight excluding hydrogens is 276 g/mol. The van der Waals surface area contributed by atoms with Gasteiger partial charge < -0.3 is 5.73 Å². The quantitative estimate of drug-likeness (QED) is 0.818. The molecule has 0 spiro atoms. The number of aromatic nitrogens is 2. The lowest BCUT2D eigenvalue weighted by Gasteiger charge is -2.19. The van der Waals surface area contributed by atoms with Gasteiger partial charge >= 0.3 is 0 Å². The van der Waals surface area contributed by atoms with Gasteiger partial charge in [-0.2, -0.15) is 5.10 Å². The standard InChI is InChI=1S/C13H24N4O2S/c1-10-4-5-13(11(10)2)16-20(18,19)12-8-15-17(9-12)7-3-6-14/h8-11,13,16H,3-7,14H2,1-2H3. The molecule has 6 nitrogen and oxygen atoms in total. The molecule has 1 fully saturated rings. The fourth-order valence-electron chi connectivity index (χ4n) is 2.66. The fraction of sp³-hybridized carbons (Fsp3) is 0.769. The molecule has 1 heterocycles. The van der Waals surface area contributed by atoms with Gasteiger partial charge in [0, 0.05) is 18.8 Å². The number of hydrogen-bond donors (Lipinski definition) is 2. The molecule has 0 saturated heterocycles.